The monoisotopic (exact) mass is 277 g/mol. The summed E-state index contributed by atoms with van der Waals surface area (Å²) < 4.78 is 68.3. The van der Waals surface area contributed by atoms with E-state index in [4.69, 9.17) is 4.74 Å². The summed E-state index contributed by atoms with van der Waals surface area (Å²) in [6, 6.07) is 4.22. The largest absolute Gasteiger partial charge is 0.497 e. The van der Waals surface area contributed by atoms with Crippen molar-refractivity contribution in [3.8, 4) is 5.75 Å². The zero-order chi connectivity index (χ0) is 14.2. The fraction of sp³-hybridized carbons (Fsp3) is 0.250. The number of fused-ring (bicyclic) bond motifs is 1. The van der Waals surface area contributed by atoms with Crippen LogP contribution in [0.15, 0.2) is 24.3 Å². The lowest BCUT2D eigenvalue weighted by molar-refractivity contribution is -0.141. The number of ether oxygens (including phenoxy) is 1. The van der Waals surface area contributed by atoms with Crippen molar-refractivity contribution in [3.05, 3.63) is 35.5 Å². The van der Waals surface area contributed by atoms with Gasteiger partial charge in [-0.2, -0.15) is 13.2 Å². The number of benzene rings is 1. The van der Waals surface area contributed by atoms with Crippen LogP contribution < -0.4 is 4.74 Å². The van der Waals surface area contributed by atoms with Crippen LogP contribution in [0.5, 0.6) is 5.75 Å². The molecule has 0 saturated carbocycles. The quantitative estimate of drug-likeness (QED) is 0.767. The Morgan fingerprint density at radius 3 is 2.37 bits per heavy atom. The van der Waals surface area contributed by atoms with Gasteiger partial charge in [-0.15, -0.1) is 0 Å². The Hall–Kier alpha value is -1.92. The van der Waals surface area contributed by atoms with E-state index in [0.717, 1.165) is 0 Å². The number of aromatic nitrogens is 1. The molecule has 0 fully saturated rings. The molecule has 0 aliphatic heterocycles. The Morgan fingerprint density at radius 1 is 1.16 bits per heavy atom. The summed E-state index contributed by atoms with van der Waals surface area (Å²) in [5.41, 5.74) is -2.21. The first-order chi connectivity index (χ1) is 8.82. The highest BCUT2D eigenvalue weighted by Crippen LogP contribution is 2.35. The van der Waals surface area contributed by atoms with Gasteiger partial charge < -0.3 is 4.74 Å². The first-order valence-corrected chi connectivity index (χ1v) is 5.17. The zero-order valence-corrected chi connectivity index (χ0v) is 9.63. The van der Waals surface area contributed by atoms with Crippen molar-refractivity contribution in [2.45, 2.75) is 12.6 Å². The van der Waals surface area contributed by atoms with Crippen LogP contribution in [-0.4, -0.2) is 12.1 Å². The number of nitrogens with zero attached hydrogens (tertiary/aromatic N) is 1. The van der Waals surface area contributed by atoms with Gasteiger partial charge in [0.1, 0.15) is 11.4 Å². The summed E-state index contributed by atoms with van der Waals surface area (Å²) in [4.78, 5) is 3.36. The van der Waals surface area contributed by atoms with Crippen molar-refractivity contribution in [1.29, 1.82) is 0 Å². The van der Waals surface area contributed by atoms with E-state index in [2.05, 4.69) is 4.98 Å². The molecule has 0 bridgehead atoms. The maximum atomic E-state index is 12.8. The lowest BCUT2D eigenvalue weighted by atomic mass is 10.1. The first-order valence-electron chi connectivity index (χ1n) is 5.17. The number of hydrogen-bond acceptors (Lipinski definition) is 2. The summed E-state index contributed by atoms with van der Waals surface area (Å²) >= 11 is 0. The summed E-state index contributed by atoms with van der Waals surface area (Å²) in [5.74, 6) is 0.250. The molecule has 1 aromatic heterocycles. The SMILES string of the molecule is COc1ccc2c(C(F)F)cc(C(F)(F)F)nc2c1. The van der Waals surface area contributed by atoms with Gasteiger partial charge in [0.15, 0.2) is 0 Å². The summed E-state index contributed by atoms with van der Waals surface area (Å²) in [6.45, 7) is 0. The highest BCUT2D eigenvalue weighted by atomic mass is 19.4. The molecule has 0 aliphatic rings. The van der Waals surface area contributed by atoms with Crippen LogP contribution >= 0.6 is 0 Å². The molecule has 19 heavy (non-hydrogen) atoms. The number of alkyl halides is 5. The van der Waals surface area contributed by atoms with Crippen molar-refractivity contribution in [3.63, 3.8) is 0 Å². The third kappa shape index (κ3) is 2.59. The van der Waals surface area contributed by atoms with E-state index in [-0.39, 0.29) is 16.7 Å². The van der Waals surface area contributed by atoms with E-state index in [9.17, 15) is 22.0 Å². The molecule has 0 N–H and O–H groups in total. The first kappa shape index (κ1) is 13.5. The van der Waals surface area contributed by atoms with E-state index < -0.39 is 23.9 Å². The van der Waals surface area contributed by atoms with Crippen LogP contribution in [0.1, 0.15) is 17.7 Å². The van der Waals surface area contributed by atoms with Crippen LogP contribution in [0, 0.1) is 0 Å². The van der Waals surface area contributed by atoms with Crippen LogP contribution in [0.3, 0.4) is 0 Å². The molecule has 0 spiro atoms. The van der Waals surface area contributed by atoms with Gasteiger partial charge in [0.2, 0.25) is 0 Å². The fourth-order valence-electron chi connectivity index (χ4n) is 1.69. The summed E-state index contributed by atoms with van der Waals surface area (Å²) in [6.07, 6.45) is -7.79. The lowest BCUT2D eigenvalue weighted by Crippen LogP contribution is -2.09. The topological polar surface area (TPSA) is 22.1 Å². The molecule has 0 amide bonds. The van der Waals surface area contributed by atoms with Crippen LogP contribution in [-0.2, 0) is 6.18 Å². The average molecular weight is 277 g/mol. The summed E-state index contributed by atoms with van der Waals surface area (Å²) in [7, 11) is 1.32. The van der Waals surface area contributed by atoms with Crippen LogP contribution in [0.4, 0.5) is 22.0 Å². The van der Waals surface area contributed by atoms with Crippen molar-refractivity contribution in [2.24, 2.45) is 0 Å². The van der Waals surface area contributed by atoms with Gasteiger partial charge in [-0.1, -0.05) is 0 Å². The predicted molar refractivity (Wildman–Crippen MR) is 58.3 cm³/mol. The maximum absolute atomic E-state index is 12.8. The van der Waals surface area contributed by atoms with Crippen molar-refractivity contribution >= 4 is 10.9 Å². The Balaban J connectivity index is 2.76. The second kappa shape index (κ2) is 4.64. The molecular formula is C12H8F5NO. The van der Waals surface area contributed by atoms with Crippen molar-refractivity contribution in [2.75, 3.05) is 7.11 Å². The van der Waals surface area contributed by atoms with E-state index in [1.165, 1.54) is 25.3 Å². The molecule has 2 aromatic rings. The van der Waals surface area contributed by atoms with E-state index in [1.54, 1.807) is 0 Å². The molecule has 0 atom stereocenters. The molecule has 1 heterocycles. The fourth-order valence-corrected chi connectivity index (χ4v) is 1.69. The molecule has 102 valence electrons. The van der Waals surface area contributed by atoms with Gasteiger partial charge in [-0.3, -0.25) is 0 Å². The third-order valence-corrected chi connectivity index (χ3v) is 2.57. The number of methoxy groups -OCH3 is 1. The minimum Gasteiger partial charge on any atom is -0.497 e. The van der Waals surface area contributed by atoms with Gasteiger partial charge >= 0.3 is 6.18 Å². The minimum absolute atomic E-state index is 0.0243. The minimum atomic E-state index is -4.78. The Morgan fingerprint density at radius 2 is 1.84 bits per heavy atom. The van der Waals surface area contributed by atoms with E-state index in [0.29, 0.717) is 6.07 Å². The maximum Gasteiger partial charge on any atom is 0.433 e. The Labute approximate surface area is 104 Å². The third-order valence-electron chi connectivity index (χ3n) is 2.57. The van der Waals surface area contributed by atoms with Crippen LogP contribution in [0.2, 0.25) is 0 Å². The molecule has 0 unspecified atom stereocenters. The highest BCUT2D eigenvalue weighted by molar-refractivity contribution is 5.84. The number of rotatable bonds is 2. The highest BCUT2D eigenvalue weighted by Gasteiger charge is 2.34. The molecule has 0 saturated heterocycles. The average Bonchev–Trinajstić information content (AvgIpc) is 2.35. The van der Waals surface area contributed by atoms with Gasteiger partial charge in [0.05, 0.1) is 12.6 Å². The van der Waals surface area contributed by atoms with E-state index in [1.807, 2.05) is 0 Å². The second-order valence-electron chi connectivity index (χ2n) is 3.78. The number of halogens is 5. The molecule has 0 radical (unpaired) electrons. The molecule has 2 rings (SSSR count). The Bertz CT molecular complexity index is 609. The smallest absolute Gasteiger partial charge is 0.433 e. The normalized spacial score (nSPS) is 12.2. The summed E-state index contributed by atoms with van der Waals surface area (Å²) in [5, 5.41) is -0.0243. The van der Waals surface area contributed by atoms with Crippen molar-refractivity contribution in [1.82, 2.24) is 4.98 Å². The molecule has 0 aliphatic carbocycles. The molecule has 2 nitrogen and oxygen atoms in total. The lowest BCUT2D eigenvalue weighted by Gasteiger charge is -2.12. The predicted octanol–water partition coefficient (Wildman–Crippen LogP) is 4.20. The van der Waals surface area contributed by atoms with Gasteiger partial charge in [-0.25, -0.2) is 13.8 Å². The molecule has 1 aromatic carbocycles. The number of pyridine rings is 1. The molecule has 7 heteroatoms. The second-order valence-corrected chi connectivity index (χ2v) is 3.78. The molecular weight excluding hydrogens is 269 g/mol. The number of hydrogen-bond donors (Lipinski definition) is 0. The van der Waals surface area contributed by atoms with Gasteiger partial charge in [0, 0.05) is 17.0 Å². The standard InChI is InChI=1S/C12H8F5NO/c1-19-6-2-3-7-8(11(13)14)5-10(12(15,16)17)18-9(7)4-6/h2-5,11H,1H3. The zero-order valence-electron chi connectivity index (χ0n) is 9.63. The van der Waals surface area contributed by atoms with Gasteiger partial charge in [-0.05, 0) is 18.2 Å². The van der Waals surface area contributed by atoms with Crippen LogP contribution in [0.25, 0.3) is 10.9 Å². The Kier molecular flexibility index (Phi) is 3.30. The van der Waals surface area contributed by atoms with Crippen molar-refractivity contribution < 1.29 is 26.7 Å². The van der Waals surface area contributed by atoms with Gasteiger partial charge in [0.25, 0.3) is 6.43 Å². The van der Waals surface area contributed by atoms with E-state index >= 15 is 0 Å².